The standard InChI is InChI=1S/C22H20FNO2/c23-19-10-4-3-9-18(19)22-15-24(13-16-7-1-5-11-20(16)25)14-17-8-2-6-12-21(17)26-22/h1-12,22,25H,13-15H2/t22-/m1/s1. The molecule has 1 atom stereocenters. The average molecular weight is 349 g/mol. The van der Waals surface area contributed by atoms with Crippen molar-refractivity contribution in [3.05, 3.63) is 95.3 Å². The second kappa shape index (κ2) is 7.18. The maximum atomic E-state index is 14.4. The van der Waals surface area contributed by atoms with E-state index < -0.39 is 6.10 Å². The summed E-state index contributed by atoms with van der Waals surface area (Å²) in [5, 5.41) is 10.1. The van der Waals surface area contributed by atoms with Crippen molar-refractivity contribution in [3.63, 3.8) is 0 Å². The molecule has 0 unspecified atom stereocenters. The number of nitrogens with zero attached hydrogens (tertiary/aromatic N) is 1. The van der Waals surface area contributed by atoms with Crippen molar-refractivity contribution in [1.82, 2.24) is 4.90 Å². The molecule has 0 saturated carbocycles. The number of fused-ring (bicyclic) bond motifs is 1. The van der Waals surface area contributed by atoms with Gasteiger partial charge in [-0.25, -0.2) is 4.39 Å². The Labute approximate surface area is 152 Å². The molecule has 3 aromatic carbocycles. The van der Waals surface area contributed by atoms with Crippen LogP contribution in [0.5, 0.6) is 11.5 Å². The number of para-hydroxylation sites is 2. The highest BCUT2D eigenvalue weighted by Gasteiger charge is 2.26. The smallest absolute Gasteiger partial charge is 0.139 e. The Morgan fingerprint density at radius 3 is 2.54 bits per heavy atom. The zero-order valence-electron chi connectivity index (χ0n) is 14.3. The van der Waals surface area contributed by atoms with E-state index in [1.54, 1.807) is 18.2 Å². The number of hydrogen-bond acceptors (Lipinski definition) is 3. The van der Waals surface area contributed by atoms with Gasteiger partial charge in [0.1, 0.15) is 23.4 Å². The normalized spacial score (nSPS) is 17.2. The van der Waals surface area contributed by atoms with E-state index in [1.807, 2.05) is 48.5 Å². The number of aromatic hydroxyl groups is 1. The summed E-state index contributed by atoms with van der Waals surface area (Å²) < 4.78 is 20.5. The van der Waals surface area contributed by atoms with Crippen molar-refractivity contribution in [2.45, 2.75) is 19.2 Å². The van der Waals surface area contributed by atoms with Gasteiger partial charge in [-0.15, -0.1) is 0 Å². The molecule has 0 amide bonds. The van der Waals surface area contributed by atoms with E-state index in [-0.39, 0.29) is 11.6 Å². The SMILES string of the molecule is Oc1ccccc1CN1Cc2ccccc2O[C@@H](c2ccccc2F)C1. The van der Waals surface area contributed by atoms with Crippen molar-refractivity contribution in [1.29, 1.82) is 0 Å². The summed E-state index contributed by atoms with van der Waals surface area (Å²) in [5.41, 5.74) is 2.45. The van der Waals surface area contributed by atoms with Gasteiger partial charge in [-0.1, -0.05) is 54.6 Å². The fourth-order valence-electron chi connectivity index (χ4n) is 3.38. The lowest BCUT2D eigenvalue weighted by Gasteiger charge is -2.24. The molecular weight excluding hydrogens is 329 g/mol. The summed E-state index contributed by atoms with van der Waals surface area (Å²) >= 11 is 0. The van der Waals surface area contributed by atoms with E-state index in [4.69, 9.17) is 4.74 Å². The lowest BCUT2D eigenvalue weighted by Crippen LogP contribution is -2.28. The fraction of sp³-hybridized carbons (Fsp3) is 0.182. The summed E-state index contributed by atoms with van der Waals surface area (Å²) in [7, 11) is 0. The van der Waals surface area contributed by atoms with Gasteiger partial charge in [0.05, 0.1) is 0 Å². The zero-order valence-corrected chi connectivity index (χ0v) is 14.3. The first-order chi connectivity index (χ1) is 12.7. The van der Waals surface area contributed by atoms with Crippen molar-refractivity contribution >= 4 is 0 Å². The van der Waals surface area contributed by atoms with Crippen LogP contribution in [-0.4, -0.2) is 16.6 Å². The van der Waals surface area contributed by atoms with Crippen molar-refractivity contribution in [2.75, 3.05) is 6.54 Å². The molecule has 0 aliphatic carbocycles. The number of ether oxygens (including phenoxy) is 1. The Bertz CT molecular complexity index is 912. The lowest BCUT2D eigenvalue weighted by atomic mass is 10.1. The monoisotopic (exact) mass is 349 g/mol. The first-order valence-corrected chi connectivity index (χ1v) is 8.69. The lowest BCUT2D eigenvalue weighted by molar-refractivity contribution is 0.140. The fourth-order valence-corrected chi connectivity index (χ4v) is 3.38. The summed E-state index contributed by atoms with van der Waals surface area (Å²) in [6.07, 6.45) is -0.411. The van der Waals surface area contributed by atoms with Gasteiger partial charge in [0.25, 0.3) is 0 Å². The van der Waals surface area contributed by atoms with Gasteiger partial charge in [0.15, 0.2) is 0 Å². The van der Waals surface area contributed by atoms with Crippen LogP contribution in [0.3, 0.4) is 0 Å². The van der Waals surface area contributed by atoms with Crippen LogP contribution in [-0.2, 0) is 13.1 Å². The van der Waals surface area contributed by atoms with Crippen LogP contribution in [0.25, 0.3) is 0 Å². The molecule has 0 saturated heterocycles. The first-order valence-electron chi connectivity index (χ1n) is 8.69. The summed E-state index contributed by atoms with van der Waals surface area (Å²) in [5.74, 6) is 0.785. The molecule has 3 nitrogen and oxygen atoms in total. The van der Waals surface area contributed by atoms with E-state index in [2.05, 4.69) is 4.90 Å². The molecule has 26 heavy (non-hydrogen) atoms. The second-order valence-electron chi connectivity index (χ2n) is 6.53. The van der Waals surface area contributed by atoms with Gasteiger partial charge in [-0.05, 0) is 18.2 Å². The molecule has 4 heteroatoms. The third-order valence-electron chi connectivity index (χ3n) is 4.70. The Morgan fingerprint density at radius 2 is 1.69 bits per heavy atom. The van der Waals surface area contributed by atoms with Gasteiger partial charge in [0.2, 0.25) is 0 Å². The Balaban J connectivity index is 1.69. The van der Waals surface area contributed by atoms with Crippen LogP contribution in [0.2, 0.25) is 0 Å². The van der Waals surface area contributed by atoms with Gasteiger partial charge in [-0.3, -0.25) is 4.90 Å². The Kier molecular flexibility index (Phi) is 4.59. The quantitative estimate of drug-likeness (QED) is 0.746. The van der Waals surface area contributed by atoms with E-state index in [9.17, 15) is 9.50 Å². The van der Waals surface area contributed by atoms with Crippen molar-refractivity contribution in [3.8, 4) is 11.5 Å². The molecule has 132 valence electrons. The molecule has 1 N–H and O–H groups in total. The third kappa shape index (κ3) is 3.41. The minimum absolute atomic E-state index is 0.264. The van der Waals surface area contributed by atoms with Crippen molar-refractivity contribution in [2.24, 2.45) is 0 Å². The number of hydrogen-bond donors (Lipinski definition) is 1. The van der Waals surface area contributed by atoms with Crippen LogP contribution in [0.1, 0.15) is 22.8 Å². The molecule has 0 aromatic heterocycles. The van der Waals surface area contributed by atoms with Gasteiger partial charge in [-0.2, -0.15) is 0 Å². The van der Waals surface area contributed by atoms with Crippen molar-refractivity contribution < 1.29 is 14.2 Å². The third-order valence-corrected chi connectivity index (χ3v) is 4.70. The van der Waals surface area contributed by atoms with E-state index in [0.29, 0.717) is 25.2 Å². The van der Waals surface area contributed by atoms with Gasteiger partial charge >= 0.3 is 0 Å². The summed E-state index contributed by atoms with van der Waals surface area (Å²) in [6.45, 7) is 1.77. The molecule has 0 bridgehead atoms. The molecule has 0 radical (unpaired) electrons. The predicted octanol–water partition coefficient (Wildman–Crippen LogP) is 4.67. The largest absolute Gasteiger partial charge is 0.508 e. The maximum absolute atomic E-state index is 14.4. The summed E-state index contributed by atoms with van der Waals surface area (Å²) in [6, 6.07) is 21.9. The first kappa shape index (κ1) is 16.6. The number of rotatable bonds is 3. The molecule has 3 aromatic rings. The molecule has 1 aliphatic heterocycles. The van der Waals surface area contributed by atoms with Gasteiger partial charge < -0.3 is 9.84 Å². The minimum Gasteiger partial charge on any atom is -0.508 e. The highest BCUT2D eigenvalue weighted by Crippen LogP contribution is 2.33. The molecule has 0 fully saturated rings. The van der Waals surface area contributed by atoms with Crippen LogP contribution in [0.4, 0.5) is 4.39 Å². The number of benzene rings is 3. The number of phenolic OH excluding ortho intramolecular Hbond substituents is 1. The maximum Gasteiger partial charge on any atom is 0.139 e. The minimum atomic E-state index is -0.411. The van der Waals surface area contributed by atoms with Crippen LogP contribution >= 0.6 is 0 Å². The van der Waals surface area contributed by atoms with E-state index in [1.165, 1.54) is 6.07 Å². The molecular formula is C22H20FNO2. The topological polar surface area (TPSA) is 32.7 Å². The highest BCUT2D eigenvalue weighted by molar-refractivity contribution is 5.36. The zero-order chi connectivity index (χ0) is 17.9. The highest BCUT2D eigenvalue weighted by atomic mass is 19.1. The van der Waals surface area contributed by atoms with Crippen LogP contribution in [0.15, 0.2) is 72.8 Å². The molecule has 1 aliphatic rings. The van der Waals surface area contributed by atoms with Gasteiger partial charge in [0, 0.05) is 36.3 Å². The predicted molar refractivity (Wildman–Crippen MR) is 98.4 cm³/mol. The average Bonchev–Trinajstić information content (AvgIpc) is 2.83. The number of phenols is 1. The van der Waals surface area contributed by atoms with E-state index in [0.717, 1.165) is 16.9 Å². The molecule has 1 heterocycles. The Morgan fingerprint density at radius 1 is 0.962 bits per heavy atom. The summed E-state index contributed by atoms with van der Waals surface area (Å²) in [4.78, 5) is 2.18. The van der Waals surface area contributed by atoms with Crippen LogP contribution in [0, 0.1) is 5.82 Å². The Hall–Kier alpha value is -2.85. The van der Waals surface area contributed by atoms with E-state index >= 15 is 0 Å². The molecule has 0 spiro atoms. The second-order valence-corrected chi connectivity index (χ2v) is 6.53. The number of halogens is 1. The molecule has 4 rings (SSSR count). The van der Waals surface area contributed by atoms with Crippen LogP contribution < -0.4 is 4.74 Å².